The van der Waals surface area contributed by atoms with Crippen LogP contribution in [0.1, 0.15) is 30.4 Å². The highest BCUT2D eigenvalue weighted by Gasteiger charge is 2.05. The van der Waals surface area contributed by atoms with Crippen LogP contribution in [0.2, 0.25) is 0 Å². The maximum absolute atomic E-state index is 11.1. The van der Waals surface area contributed by atoms with Gasteiger partial charge >= 0.3 is 5.97 Å². The van der Waals surface area contributed by atoms with Crippen molar-refractivity contribution in [1.82, 2.24) is 0 Å². The van der Waals surface area contributed by atoms with Gasteiger partial charge in [0.1, 0.15) is 0 Å². The average Bonchev–Trinajstić information content (AvgIpc) is 2.37. The molecule has 0 aromatic heterocycles. The monoisotopic (exact) mass is 236 g/mol. The molecule has 0 fully saturated rings. The second-order valence-electron chi connectivity index (χ2n) is 4.03. The second-order valence-corrected chi connectivity index (χ2v) is 4.03. The number of hydrogen-bond acceptors (Lipinski definition) is 3. The van der Waals surface area contributed by atoms with Crippen LogP contribution in [-0.4, -0.2) is 24.8 Å². The van der Waals surface area contributed by atoms with Gasteiger partial charge in [0.25, 0.3) is 0 Å². The summed E-state index contributed by atoms with van der Waals surface area (Å²) in [6.07, 6.45) is 3.91. The summed E-state index contributed by atoms with van der Waals surface area (Å²) in [7, 11) is 1.41. The summed E-state index contributed by atoms with van der Waals surface area (Å²) in [5.74, 6) is -0.171. The van der Waals surface area contributed by atoms with E-state index < -0.39 is 0 Å². The Labute approximate surface area is 102 Å². The summed E-state index contributed by atoms with van der Waals surface area (Å²) in [5, 5.41) is 8.76. The molecule has 0 saturated carbocycles. The van der Waals surface area contributed by atoms with Gasteiger partial charge in [0.2, 0.25) is 0 Å². The van der Waals surface area contributed by atoms with E-state index in [0.717, 1.165) is 25.7 Å². The van der Waals surface area contributed by atoms with Crippen LogP contribution >= 0.6 is 0 Å². The van der Waals surface area contributed by atoms with E-state index in [1.54, 1.807) is 0 Å². The lowest BCUT2D eigenvalue weighted by molar-refractivity contribution is -0.140. The summed E-state index contributed by atoms with van der Waals surface area (Å²) in [4.78, 5) is 11.1. The van der Waals surface area contributed by atoms with Gasteiger partial charge in [-0.15, -0.1) is 0 Å². The van der Waals surface area contributed by atoms with Crippen molar-refractivity contribution in [2.24, 2.45) is 0 Å². The van der Waals surface area contributed by atoms with Gasteiger partial charge in [0.15, 0.2) is 0 Å². The zero-order valence-electron chi connectivity index (χ0n) is 10.3. The van der Waals surface area contributed by atoms with Crippen molar-refractivity contribution in [2.75, 3.05) is 13.7 Å². The molecule has 94 valence electrons. The lowest BCUT2D eigenvalue weighted by Crippen LogP contribution is -2.03. The topological polar surface area (TPSA) is 46.5 Å². The lowest BCUT2D eigenvalue weighted by Gasteiger charge is -2.08. The summed E-state index contributed by atoms with van der Waals surface area (Å²) in [6, 6.07) is 8.14. The van der Waals surface area contributed by atoms with Gasteiger partial charge in [-0.1, -0.05) is 24.3 Å². The average molecular weight is 236 g/mol. The van der Waals surface area contributed by atoms with Gasteiger partial charge in [-0.3, -0.25) is 4.79 Å². The van der Waals surface area contributed by atoms with Crippen LogP contribution in [0.5, 0.6) is 0 Å². The Hall–Kier alpha value is -1.35. The minimum atomic E-state index is -0.171. The molecule has 3 heteroatoms. The van der Waals surface area contributed by atoms with Crippen LogP contribution in [0, 0.1) is 0 Å². The van der Waals surface area contributed by atoms with Crippen LogP contribution in [0.25, 0.3) is 0 Å². The van der Waals surface area contributed by atoms with Crippen LogP contribution in [0.4, 0.5) is 0 Å². The molecule has 3 nitrogen and oxygen atoms in total. The standard InChI is InChI=1S/C14H20O3/c1-17-14(16)10-9-13-7-3-2-6-12(13)8-4-5-11-15/h2-3,6-7,15H,4-5,8-11H2,1H3. The Morgan fingerprint density at radius 1 is 1.18 bits per heavy atom. The van der Waals surface area contributed by atoms with E-state index in [4.69, 9.17) is 5.11 Å². The highest BCUT2D eigenvalue weighted by Crippen LogP contribution is 2.14. The molecule has 1 N–H and O–H groups in total. The molecule has 1 aromatic rings. The van der Waals surface area contributed by atoms with Crippen molar-refractivity contribution in [3.63, 3.8) is 0 Å². The minimum Gasteiger partial charge on any atom is -0.469 e. The van der Waals surface area contributed by atoms with Gasteiger partial charge < -0.3 is 9.84 Å². The summed E-state index contributed by atoms with van der Waals surface area (Å²) >= 11 is 0. The predicted molar refractivity (Wildman–Crippen MR) is 66.8 cm³/mol. The molecule has 17 heavy (non-hydrogen) atoms. The molecule has 0 amide bonds. The third-order valence-corrected chi connectivity index (χ3v) is 2.80. The molecule has 0 saturated heterocycles. The Morgan fingerprint density at radius 3 is 2.41 bits per heavy atom. The fourth-order valence-corrected chi connectivity index (χ4v) is 1.81. The first-order valence-electron chi connectivity index (χ1n) is 6.02. The normalized spacial score (nSPS) is 10.2. The van der Waals surface area contributed by atoms with Crippen LogP contribution in [0.3, 0.4) is 0 Å². The van der Waals surface area contributed by atoms with Gasteiger partial charge in [0, 0.05) is 13.0 Å². The first-order chi connectivity index (χ1) is 8.27. The number of methoxy groups -OCH3 is 1. The predicted octanol–water partition coefficient (Wildman–Crippen LogP) is 2.11. The number of benzene rings is 1. The number of aryl methyl sites for hydroxylation is 2. The Kier molecular flexibility index (Phi) is 6.33. The first-order valence-corrected chi connectivity index (χ1v) is 6.02. The van der Waals surface area contributed by atoms with Gasteiger partial charge in [-0.25, -0.2) is 0 Å². The highest BCUT2D eigenvalue weighted by atomic mass is 16.5. The first kappa shape index (κ1) is 13.7. The molecule has 0 unspecified atom stereocenters. The van der Waals surface area contributed by atoms with E-state index >= 15 is 0 Å². The molecule has 0 atom stereocenters. The number of rotatable bonds is 7. The summed E-state index contributed by atoms with van der Waals surface area (Å²) in [5.41, 5.74) is 2.47. The van der Waals surface area contributed by atoms with Crippen molar-refractivity contribution in [3.8, 4) is 0 Å². The maximum Gasteiger partial charge on any atom is 0.305 e. The van der Waals surface area contributed by atoms with E-state index in [0.29, 0.717) is 6.42 Å². The molecule has 0 spiro atoms. The van der Waals surface area contributed by atoms with Crippen LogP contribution in [-0.2, 0) is 22.4 Å². The molecule has 1 aromatic carbocycles. The maximum atomic E-state index is 11.1. The molecular formula is C14H20O3. The number of hydrogen-bond donors (Lipinski definition) is 1. The fourth-order valence-electron chi connectivity index (χ4n) is 1.81. The molecule has 0 aliphatic heterocycles. The van der Waals surface area contributed by atoms with Crippen molar-refractivity contribution in [2.45, 2.75) is 32.1 Å². The Morgan fingerprint density at radius 2 is 1.82 bits per heavy atom. The zero-order valence-corrected chi connectivity index (χ0v) is 10.3. The highest BCUT2D eigenvalue weighted by molar-refractivity contribution is 5.69. The van der Waals surface area contributed by atoms with Gasteiger partial charge in [0.05, 0.1) is 7.11 Å². The molecule has 0 bridgehead atoms. The minimum absolute atomic E-state index is 0.171. The fraction of sp³-hybridized carbons (Fsp3) is 0.500. The summed E-state index contributed by atoms with van der Waals surface area (Å²) in [6.45, 7) is 0.240. The molecule has 0 aliphatic carbocycles. The third-order valence-electron chi connectivity index (χ3n) is 2.80. The molecule has 0 heterocycles. The van der Waals surface area contributed by atoms with Crippen LogP contribution < -0.4 is 0 Å². The molecular weight excluding hydrogens is 216 g/mol. The smallest absolute Gasteiger partial charge is 0.305 e. The Bertz CT molecular complexity index is 347. The van der Waals surface area contributed by atoms with Crippen molar-refractivity contribution in [3.05, 3.63) is 35.4 Å². The number of aliphatic hydroxyl groups is 1. The van der Waals surface area contributed by atoms with Crippen molar-refractivity contribution >= 4 is 5.97 Å². The quantitative estimate of drug-likeness (QED) is 0.582. The number of unbranched alkanes of at least 4 members (excludes halogenated alkanes) is 1. The number of aliphatic hydroxyl groups excluding tert-OH is 1. The van der Waals surface area contributed by atoms with Crippen molar-refractivity contribution < 1.29 is 14.6 Å². The van der Waals surface area contributed by atoms with E-state index in [2.05, 4.69) is 16.9 Å². The van der Waals surface area contributed by atoms with E-state index in [1.807, 2.05) is 12.1 Å². The number of carbonyl (C=O) groups is 1. The van der Waals surface area contributed by atoms with Gasteiger partial charge in [-0.2, -0.15) is 0 Å². The van der Waals surface area contributed by atoms with Crippen LogP contribution in [0.15, 0.2) is 24.3 Å². The van der Waals surface area contributed by atoms with Crippen molar-refractivity contribution in [1.29, 1.82) is 0 Å². The molecule has 1 rings (SSSR count). The number of carbonyl (C=O) groups excluding carboxylic acids is 1. The Balaban J connectivity index is 2.54. The number of esters is 1. The molecule has 0 radical (unpaired) electrons. The largest absolute Gasteiger partial charge is 0.469 e. The zero-order chi connectivity index (χ0) is 12.5. The summed E-state index contributed by atoms with van der Waals surface area (Å²) < 4.78 is 4.64. The third kappa shape index (κ3) is 5.00. The molecule has 0 aliphatic rings. The lowest BCUT2D eigenvalue weighted by atomic mass is 9.98. The van der Waals surface area contributed by atoms with E-state index in [1.165, 1.54) is 18.2 Å². The second kappa shape index (κ2) is 7.85. The number of ether oxygens (including phenoxy) is 1. The van der Waals surface area contributed by atoms with E-state index in [-0.39, 0.29) is 12.6 Å². The van der Waals surface area contributed by atoms with E-state index in [9.17, 15) is 4.79 Å². The van der Waals surface area contributed by atoms with Gasteiger partial charge in [-0.05, 0) is 36.8 Å². The SMILES string of the molecule is COC(=O)CCc1ccccc1CCCCO.